The largest absolute Gasteiger partial charge is 0.312 e. The molecule has 4 rings (SSSR count). The topological polar surface area (TPSA) is 132 Å². The summed E-state index contributed by atoms with van der Waals surface area (Å²) < 4.78 is 25.7. The zero-order valence-corrected chi connectivity index (χ0v) is 18.4. The van der Waals surface area contributed by atoms with E-state index in [1.165, 1.54) is 36.4 Å². The first kappa shape index (κ1) is 21.8. The quantitative estimate of drug-likeness (QED) is 0.450. The predicted octanol–water partition coefficient (Wildman–Crippen LogP) is 1.93. The Hall–Kier alpha value is -3.41. The van der Waals surface area contributed by atoms with E-state index in [0.29, 0.717) is 27.3 Å². The lowest BCUT2D eigenvalue weighted by atomic mass is 10.2. The van der Waals surface area contributed by atoms with Gasteiger partial charge in [0.25, 0.3) is 5.91 Å². The number of fused-ring (bicyclic) bond motifs is 1. The maximum absolute atomic E-state index is 12.8. The predicted molar refractivity (Wildman–Crippen MR) is 119 cm³/mol. The summed E-state index contributed by atoms with van der Waals surface area (Å²) in [4.78, 5) is 42.2. The van der Waals surface area contributed by atoms with Gasteiger partial charge in [0.15, 0.2) is 4.80 Å². The summed E-state index contributed by atoms with van der Waals surface area (Å²) in [5, 5.41) is 5.21. The molecule has 0 spiro atoms. The number of aromatic nitrogens is 1. The average Bonchev–Trinajstić information content (AvgIpc) is 3.26. The van der Waals surface area contributed by atoms with Crippen molar-refractivity contribution in [1.82, 2.24) is 4.57 Å². The number of rotatable bonds is 5. The normalized spacial score (nSPS) is 15.0. The molecule has 1 aliphatic rings. The average molecular weight is 471 g/mol. The Morgan fingerprint density at radius 1 is 1.12 bits per heavy atom. The Labute approximate surface area is 187 Å². The van der Waals surface area contributed by atoms with Gasteiger partial charge in [0.2, 0.25) is 21.8 Å². The number of sulfonamides is 1. The van der Waals surface area contributed by atoms with E-state index in [1.54, 1.807) is 16.7 Å². The second-order valence-electron chi connectivity index (χ2n) is 7.05. The fourth-order valence-electron chi connectivity index (χ4n) is 3.39. The minimum Gasteiger partial charge on any atom is -0.312 e. The van der Waals surface area contributed by atoms with Gasteiger partial charge in [0, 0.05) is 24.9 Å². The van der Waals surface area contributed by atoms with Gasteiger partial charge in [-0.2, -0.15) is 4.99 Å². The molecule has 3 amide bonds. The number of carbonyl (C=O) groups is 3. The van der Waals surface area contributed by atoms with Crippen molar-refractivity contribution in [2.24, 2.45) is 10.1 Å². The van der Waals surface area contributed by atoms with Crippen LogP contribution >= 0.6 is 11.3 Å². The molecule has 0 bridgehead atoms. The van der Waals surface area contributed by atoms with Crippen LogP contribution < -0.4 is 14.8 Å². The van der Waals surface area contributed by atoms with E-state index in [-0.39, 0.29) is 35.1 Å². The van der Waals surface area contributed by atoms with Crippen molar-refractivity contribution in [1.29, 1.82) is 0 Å². The minimum absolute atomic E-state index is 0.0310. The number of imide groups is 1. The molecule has 9 nitrogen and oxygen atoms in total. The molecular weight excluding hydrogens is 452 g/mol. The number of thiazole rings is 1. The Bertz CT molecular complexity index is 1430. The summed E-state index contributed by atoms with van der Waals surface area (Å²) in [5.41, 5.74) is 1.38. The first-order chi connectivity index (χ1) is 15.2. The van der Waals surface area contributed by atoms with Gasteiger partial charge in [0.1, 0.15) is 0 Å². The molecule has 2 aromatic carbocycles. The van der Waals surface area contributed by atoms with Crippen LogP contribution in [0.1, 0.15) is 23.2 Å². The number of hydrogen-bond donors (Lipinski definition) is 1. The molecule has 0 radical (unpaired) electrons. The van der Waals surface area contributed by atoms with Crippen LogP contribution in [0.15, 0.2) is 65.0 Å². The summed E-state index contributed by atoms with van der Waals surface area (Å²) in [5.74, 6) is -1.06. The molecule has 0 atom stereocenters. The molecule has 32 heavy (non-hydrogen) atoms. The number of nitrogens with zero attached hydrogens (tertiary/aromatic N) is 3. The van der Waals surface area contributed by atoms with Crippen molar-refractivity contribution < 1.29 is 22.8 Å². The number of hydrogen-bond acceptors (Lipinski definition) is 6. The standard InChI is InChI=1S/C21H18N4O5S2/c1-2-11-24-16-8-7-15(32(22,29)30)12-17(16)31-21(24)23-20(28)13-3-5-14(6-4-13)25-18(26)9-10-19(25)27/h2-8,12H,1,9-11H2,(H2,22,29,30). The number of allylic oxidation sites excluding steroid dienone is 1. The van der Waals surface area contributed by atoms with E-state index < -0.39 is 15.9 Å². The monoisotopic (exact) mass is 470 g/mol. The molecule has 164 valence electrons. The smallest absolute Gasteiger partial charge is 0.279 e. The number of amides is 3. The van der Waals surface area contributed by atoms with Crippen molar-refractivity contribution >= 4 is 55.0 Å². The van der Waals surface area contributed by atoms with Crippen LogP contribution in [-0.4, -0.2) is 30.7 Å². The molecule has 1 aliphatic heterocycles. The Morgan fingerprint density at radius 2 is 1.78 bits per heavy atom. The van der Waals surface area contributed by atoms with Crippen molar-refractivity contribution in [2.45, 2.75) is 24.3 Å². The van der Waals surface area contributed by atoms with E-state index in [0.717, 1.165) is 16.2 Å². The lowest BCUT2D eigenvalue weighted by molar-refractivity contribution is -0.121. The van der Waals surface area contributed by atoms with Crippen LogP contribution in [-0.2, 0) is 26.2 Å². The summed E-state index contributed by atoms with van der Waals surface area (Å²) in [6.45, 7) is 4.08. The highest BCUT2D eigenvalue weighted by Gasteiger charge is 2.30. The van der Waals surface area contributed by atoms with Crippen LogP contribution in [0.4, 0.5) is 5.69 Å². The summed E-state index contributed by atoms with van der Waals surface area (Å²) >= 11 is 1.15. The molecule has 3 aromatic rings. The molecule has 2 heterocycles. The molecule has 0 unspecified atom stereocenters. The Balaban J connectivity index is 1.72. The number of benzene rings is 2. The van der Waals surface area contributed by atoms with Crippen molar-refractivity contribution in [3.8, 4) is 0 Å². The molecule has 11 heteroatoms. The van der Waals surface area contributed by atoms with Gasteiger partial charge in [-0.3, -0.25) is 19.3 Å². The Morgan fingerprint density at radius 3 is 2.38 bits per heavy atom. The molecule has 1 fully saturated rings. The maximum atomic E-state index is 12.8. The fourth-order valence-corrected chi connectivity index (χ4v) is 5.08. The second kappa shape index (κ2) is 8.26. The van der Waals surface area contributed by atoms with Crippen molar-refractivity contribution in [3.05, 3.63) is 65.5 Å². The molecule has 0 saturated carbocycles. The van der Waals surface area contributed by atoms with Crippen molar-refractivity contribution in [3.63, 3.8) is 0 Å². The van der Waals surface area contributed by atoms with Gasteiger partial charge >= 0.3 is 0 Å². The van der Waals surface area contributed by atoms with E-state index >= 15 is 0 Å². The highest BCUT2D eigenvalue weighted by molar-refractivity contribution is 7.89. The van der Waals surface area contributed by atoms with E-state index in [1.807, 2.05) is 0 Å². The molecule has 1 saturated heterocycles. The number of nitrogens with two attached hydrogens (primary N) is 1. The summed E-state index contributed by atoms with van der Waals surface area (Å²) in [6.07, 6.45) is 2.00. The SMILES string of the molecule is C=CCn1c(=NC(=O)c2ccc(N3C(=O)CCC3=O)cc2)sc2cc(S(N)(=O)=O)ccc21. The number of anilines is 1. The van der Waals surface area contributed by atoms with Gasteiger partial charge in [-0.15, -0.1) is 6.58 Å². The highest BCUT2D eigenvalue weighted by Crippen LogP contribution is 2.24. The zero-order valence-electron chi connectivity index (χ0n) is 16.7. The third kappa shape index (κ3) is 4.05. The third-order valence-electron chi connectivity index (χ3n) is 4.92. The van der Waals surface area contributed by atoms with Gasteiger partial charge < -0.3 is 4.57 Å². The first-order valence-electron chi connectivity index (χ1n) is 9.51. The lowest BCUT2D eigenvalue weighted by Crippen LogP contribution is -2.28. The Kier molecular flexibility index (Phi) is 5.63. The van der Waals surface area contributed by atoms with Gasteiger partial charge in [-0.25, -0.2) is 13.6 Å². The summed E-state index contributed by atoms with van der Waals surface area (Å²) in [7, 11) is -3.87. The van der Waals surface area contributed by atoms with Crippen LogP contribution in [0.5, 0.6) is 0 Å². The minimum atomic E-state index is -3.87. The van der Waals surface area contributed by atoms with Crippen molar-refractivity contribution in [2.75, 3.05) is 4.90 Å². The van der Waals surface area contributed by atoms with E-state index in [2.05, 4.69) is 11.6 Å². The maximum Gasteiger partial charge on any atom is 0.279 e. The van der Waals surface area contributed by atoms with Crippen LogP contribution in [0.25, 0.3) is 10.2 Å². The van der Waals surface area contributed by atoms with Crippen LogP contribution in [0.3, 0.4) is 0 Å². The van der Waals surface area contributed by atoms with Crippen LogP contribution in [0.2, 0.25) is 0 Å². The molecule has 2 N–H and O–H groups in total. The van der Waals surface area contributed by atoms with Gasteiger partial charge in [-0.1, -0.05) is 17.4 Å². The highest BCUT2D eigenvalue weighted by atomic mass is 32.2. The first-order valence-corrected chi connectivity index (χ1v) is 11.9. The molecule has 1 aromatic heterocycles. The fraction of sp³-hybridized carbons (Fsp3) is 0.143. The molecule has 0 aliphatic carbocycles. The molecular formula is C21H18N4O5S2. The number of carbonyl (C=O) groups excluding carboxylic acids is 3. The zero-order chi connectivity index (χ0) is 23.0. The van der Waals surface area contributed by atoms with E-state index in [9.17, 15) is 22.8 Å². The lowest BCUT2D eigenvalue weighted by Gasteiger charge is -2.13. The third-order valence-corrected chi connectivity index (χ3v) is 6.87. The second-order valence-corrected chi connectivity index (χ2v) is 9.62. The number of primary sulfonamides is 1. The van der Waals surface area contributed by atoms with Crippen LogP contribution in [0, 0.1) is 0 Å². The summed E-state index contributed by atoms with van der Waals surface area (Å²) in [6, 6.07) is 10.5. The van der Waals surface area contributed by atoms with Gasteiger partial charge in [-0.05, 0) is 42.5 Å². The van der Waals surface area contributed by atoms with E-state index in [4.69, 9.17) is 5.14 Å². The van der Waals surface area contributed by atoms with Gasteiger partial charge in [0.05, 0.1) is 20.8 Å².